The molecule has 3 aliphatic rings. The van der Waals surface area contributed by atoms with Crippen molar-refractivity contribution in [1.29, 1.82) is 0 Å². The first-order valence-corrected chi connectivity index (χ1v) is 10.4. The summed E-state index contributed by atoms with van der Waals surface area (Å²) in [4.78, 5) is 66.2. The molecule has 1 aromatic carbocycles. The Labute approximate surface area is 191 Å². The lowest BCUT2D eigenvalue weighted by Crippen LogP contribution is -2.77. The third-order valence-electron chi connectivity index (χ3n) is 7.49. The number of hydrogen-bond donors (Lipinski definition) is 4. The molecule has 0 saturated heterocycles. The van der Waals surface area contributed by atoms with E-state index in [0.717, 1.165) is 0 Å². The third-order valence-corrected chi connectivity index (χ3v) is 7.49. The summed E-state index contributed by atoms with van der Waals surface area (Å²) in [7, 11) is 2.71. The van der Waals surface area contributed by atoms with E-state index >= 15 is 0 Å². The minimum Gasteiger partial charge on any atom is -0.504 e. The van der Waals surface area contributed by atoms with E-state index in [2.05, 4.69) is 0 Å². The largest absolute Gasteiger partial charge is 0.504 e. The molecular weight excluding hydrogens is 458 g/mol. The molecule has 0 aliphatic heterocycles. The highest BCUT2D eigenvalue weighted by atomic mass is 19.1. The fourth-order valence-electron chi connectivity index (χ4n) is 6.05. The van der Waals surface area contributed by atoms with Crippen LogP contribution in [0.4, 0.5) is 8.78 Å². The van der Waals surface area contributed by atoms with E-state index in [4.69, 9.17) is 5.73 Å². The number of carbonyl (C=O) groups is 5. The SMILES string of the molecule is CC1c2c(F)cc(F)c(O)c2C(=O)C2C(=O)C3(O)C(=O)C(C(N)=O)C(=O)C(N(C)C)C3C(O)C21. The summed E-state index contributed by atoms with van der Waals surface area (Å²) in [5.74, 6) is -19.2. The minimum atomic E-state index is -3.17. The van der Waals surface area contributed by atoms with E-state index in [-0.39, 0.29) is 0 Å². The van der Waals surface area contributed by atoms with Crippen LogP contribution < -0.4 is 5.73 Å². The highest BCUT2D eigenvalue weighted by Gasteiger charge is 2.73. The van der Waals surface area contributed by atoms with Crippen LogP contribution in [0.25, 0.3) is 0 Å². The Kier molecular flexibility index (Phi) is 5.27. The van der Waals surface area contributed by atoms with Crippen molar-refractivity contribution in [3.8, 4) is 5.75 Å². The Morgan fingerprint density at radius 1 is 1.12 bits per heavy atom. The number of nitrogens with zero attached hydrogens (tertiary/aromatic N) is 1. The van der Waals surface area contributed by atoms with Crippen LogP contribution in [0.5, 0.6) is 5.75 Å². The number of likely N-dealkylation sites (N-methyl/N-ethyl adjacent to an activating group) is 1. The topological polar surface area (TPSA) is 175 Å². The number of nitrogens with two attached hydrogens (primary N) is 1. The second-order valence-electron chi connectivity index (χ2n) is 9.34. The van der Waals surface area contributed by atoms with E-state index in [1.807, 2.05) is 0 Å². The molecule has 5 N–H and O–H groups in total. The van der Waals surface area contributed by atoms with Gasteiger partial charge in [-0.2, -0.15) is 0 Å². The highest BCUT2D eigenvalue weighted by Crippen LogP contribution is 2.54. The van der Waals surface area contributed by atoms with E-state index in [1.54, 1.807) is 0 Å². The van der Waals surface area contributed by atoms with Gasteiger partial charge in [-0.3, -0.25) is 28.9 Å². The van der Waals surface area contributed by atoms with Crippen LogP contribution in [0.3, 0.4) is 0 Å². The molecule has 34 heavy (non-hydrogen) atoms. The molecule has 2 saturated carbocycles. The molecule has 3 aliphatic carbocycles. The van der Waals surface area contributed by atoms with Crippen molar-refractivity contribution in [2.75, 3.05) is 14.1 Å². The predicted octanol–water partition coefficient (Wildman–Crippen LogP) is -1.32. The van der Waals surface area contributed by atoms with E-state index in [1.165, 1.54) is 25.9 Å². The summed E-state index contributed by atoms with van der Waals surface area (Å²) in [6.07, 6.45) is -1.89. The van der Waals surface area contributed by atoms with Gasteiger partial charge in [-0.15, -0.1) is 0 Å². The fourth-order valence-corrected chi connectivity index (χ4v) is 6.05. The zero-order valence-electron chi connectivity index (χ0n) is 18.3. The maximum atomic E-state index is 14.7. The molecule has 1 aromatic rings. The van der Waals surface area contributed by atoms with Crippen LogP contribution in [0.1, 0.15) is 28.8 Å². The number of benzene rings is 1. The van der Waals surface area contributed by atoms with Gasteiger partial charge in [-0.05, 0) is 20.0 Å². The maximum absolute atomic E-state index is 14.7. The number of carbonyl (C=O) groups excluding carboxylic acids is 5. The monoisotopic (exact) mass is 480 g/mol. The van der Waals surface area contributed by atoms with Gasteiger partial charge in [-0.1, -0.05) is 6.92 Å². The molecule has 4 rings (SSSR count). The fraction of sp³-hybridized carbons (Fsp3) is 0.500. The van der Waals surface area contributed by atoms with Gasteiger partial charge in [0.1, 0.15) is 5.82 Å². The second-order valence-corrected chi connectivity index (χ2v) is 9.34. The zero-order chi connectivity index (χ0) is 25.6. The molecule has 8 atom stereocenters. The molecule has 0 radical (unpaired) electrons. The number of primary amides is 1. The number of aromatic hydroxyl groups is 1. The summed E-state index contributed by atoms with van der Waals surface area (Å²) in [5.41, 5.74) is 0.765. The molecule has 8 unspecified atom stereocenters. The van der Waals surface area contributed by atoms with Crippen molar-refractivity contribution in [3.63, 3.8) is 0 Å². The Morgan fingerprint density at radius 2 is 1.71 bits per heavy atom. The van der Waals surface area contributed by atoms with Crippen molar-refractivity contribution >= 4 is 29.0 Å². The van der Waals surface area contributed by atoms with Gasteiger partial charge in [0, 0.05) is 17.5 Å². The molecule has 2 fully saturated rings. The van der Waals surface area contributed by atoms with Gasteiger partial charge in [0.05, 0.1) is 29.5 Å². The van der Waals surface area contributed by atoms with Crippen LogP contribution in [0.2, 0.25) is 0 Å². The number of Topliss-reactive ketones (excluding diaryl/α,β-unsaturated/α-hetero) is 4. The van der Waals surface area contributed by atoms with Gasteiger partial charge >= 0.3 is 0 Å². The van der Waals surface area contributed by atoms with Crippen molar-refractivity contribution in [3.05, 3.63) is 28.8 Å². The average Bonchev–Trinajstić information content (AvgIpc) is 2.73. The molecule has 1 amide bonds. The van der Waals surface area contributed by atoms with Crippen molar-refractivity contribution in [2.45, 2.75) is 30.6 Å². The molecular formula is C22H22F2N2O8. The lowest BCUT2D eigenvalue weighted by molar-refractivity contribution is -0.196. The number of phenols is 1. The summed E-state index contributed by atoms with van der Waals surface area (Å²) in [6.45, 7) is 1.33. The molecule has 0 aromatic heterocycles. The molecule has 10 nitrogen and oxygen atoms in total. The summed E-state index contributed by atoms with van der Waals surface area (Å²) in [5, 5.41) is 32.9. The number of aliphatic hydroxyl groups excluding tert-OH is 1. The van der Waals surface area contributed by atoms with Crippen molar-refractivity contribution in [1.82, 2.24) is 4.90 Å². The lowest BCUT2D eigenvalue weighted by Gasteiger charge is -2.55. The van der Waals surface area contributed by atoms with E-state index in [0.29, 0.717) is 6.07 Å². The van der Waals surface area contributed by atoms with Crippen LogP contribution in [0.15, 0.2) is 6.07 Å². The van der Waals surface area contributed by atoms with Crippen molar-refractivity contribution in [2.24, 2.45) is 29.4 Å². The standard InChI is InChI=1S/C22H22F2N2O8/c1-5-8-6(23)4-7(24)15(27)10(8)16(28)11-9(5)17(29)13-14(26(2)3)18(30)12(21(25)33)20(32)22(13,34)19(11)31/h4-5,9,11-14,17,27,29,34H,1-3H3,(H2,25,33). The number of aliphatic hydroxyl groups is 2. The zero-order valence-corrected chi connectivity index (χ0v) is 18.3. The third kappa shape index (κ3) is 2.72. The predicted molar refractivity (Wildman–Crippen MR) is 107 cm³/mol. The molecule has 0 bridgehead atoms. The molecule has 182 valence electrons. The molecule has 0 heterocycles. The van der Waals surface area contributed by atoms with Crippen molar-refractivity contribution < 1.29 is 48.1 Å². The van der Waals surface area contributed by atoms with Gasteiger partial charge in [0.25, 0.3) is 0 Å². The first-order valence-electron chi connectivity index (χ1n) is 10.4. The van der Waals surface area contributed by atoms with Crippen LogP contribution in [0, 0.1) is 35.3 Å². The minimum absolute atomic E-state index is 0.360. The average molecular weight is 480 g/mol. The van der Waals surface area contributed by atoms with Gasteiger partial charge < -0.3 is 21.1 Å². The highest BCUT2D eigenvalue weighted by molar-refractivity contribution is 6.32. The lowest BCUT2D eigenvalue weighted by atomic mass is 9.49. The Morgan fingerprint density at radius 3 is 2.24 bits per heavy atom. The second kappa shape index (κ2) is 7.45. The quantitative estimate of drug-likeness (QED) is 0.374. The number of halogens is 2. The van der Waals surface area contributed by atoms with Crippen LogP contribution >= 0.6 is 0 Å². The van der Waals surface area contributed by atoms with Gasteiger partial charge in [0.2, 0.25) is 5.91 Å². The van der Waals surface area contributed by atoms with Gasteiger partial charge in [0.15, 0.2) is 46.2 Å². The van der Waals surface area contributed by atoms with Gasteiger partial charge in [-0.25, -0.2) is 8.78 Å². The number of phenolic OH excluding ortho intramolecular Hbond substituents is 1. The molecule has 0 spiro atoms. The molecule has 12 heteroatoms. The van der Waals surface area contributed by atoms with E-state index < -0.39 is 105 Å². The maximum Gasteiger partial charge on any atom is 0.235 e. The Bertz CT molecular complexity index is 1180. The smallest absolute Gasteiger partial charge is 0.235 e. The number of fused-ring (bicyclic) bond motifs is 3. The first-order chi connectivity index (χ1) is 15.7. The Hall–Kier alpha value is -3.09. The summed E-state index contributed by atoms with van der Waals surface area (Å²) < 4.78 is 28.7. The normalized spacial score (nSPS) is 37.4. The number of ketones is 4. The van der Waals surface area contributed by atoms with E-state index in [9.17, 15) is 48.1 Å². The summed E-state index contributed by atoms with van der Waals surface area (Å²) in [6, 6.07) is -1.17. The van der Waals surface area contributed by atoms with Crippen LogP contribution in [-0.2, 0) is 19.2 Å². The number of hydrogen-bond acceptors (Lipinski definition) is 9. The summed E-state index contributed by atoms with van der Waals surface area (Å²) >= 11 is 0. The number of amides is 1. The Balaban J connectivity index is 1.99. The van der Waals surface area contributed by atoms with Crippen LogP contribution in [-0.4, -0.2) is 81.1 Å². The number of rotatable bonds is 2. The first kappa shape index (κ1) is 24.0.